The van der Waals surface area contributed by atoms with Gasteiger partial charge in [-0.1, -0.05) is 59.6 Å². The van der Waals surface area contributed by atoms with Crippen molar-refractivity contribution in [3.05, 3.63) is 81.4 Å². The molecule has 4 aromatic rings. The average molecular weight is 664 g/mol. The molecule has 2 aliphatic heterocycles. The van der Waals surface area contributed by atoms with Crippen molar-refractivity contribution in [3.8, 4) is 28.3 Å². The van der Waals surface area contributed by atoms with Crippen molar-refractivity contribution in [1.29, 1.82) is 0 Å². The van der Waals surface area contributed by atoms with Crippen LogP contribution in [0.3, 0.4) is 0 Å². The minimum atomic E-state index is -0.329. The van der Waals surface area contributed by atoms with Crippen molar-refractivity contribution in [1.82, 2.24) is 24.3 Å². The molecule has 4 heterocycles. The van der Waals surface area contributed by atoms with Gasteiger partial charge < -0.3 is 24.3 Å². The molecule has 1 N–H and O–H groups in total. The van der Waals surface area contributed by atoms with Gasteiger partial charge in [-0.25, -0.2) is 9.97 Å². The first kappa shape index (κ1) is 32.0. The fourth-order valence-corrected chi connectivity index (χ4v) is 6.68. The van der Waals surface area contributed by atoms with Crippen LogP contribution in [0.4, 0.5) is 5.69 Å². The zero-order valence-corrected chi connectivity index (χ0v) is 27.8. The van der Waals surface area contributed by atoms with Crippen molar-refractivity contribution >= 4 is 40.8 Å². The summed E-state index contributed by atoms with van der Waals surface area (Å²) < 4.78 is 12.6. The summed E-state index contributed by atoms with van der Waals surface area (Å²) in [6, 6.07) is 15.0. The van der Waals surface area contributed by atoms with Crippen LogP contribution < -0.4 is 10.1 Å². The fraction of sp³-hybridized carbons (Fsp3) is 0.353. The second-order valence-corrected chi connectivity index (χ2v) is 12.4. The number of nitrogens with one attached hydrogen (secondary N) is 1. The molecule has 2 aliphatic rings. The zero-order valence-electron chi connectivity index (χ0n) is 26.3. The lowest BCUT2D eigenvalue weighted by molar-refractivity contribution is -0.154. The number of halogens is 2. The number of ether oxygens (including phenoxy) is 2. The predicted molar refractivity (Wildman–Crippen MR) is 178 cm³/mol. The van der Waals surface area contributed by atoms with E-state index in [9.17, 15) is 9.59 Å². The van der Waals surface area contributed by atoms with Crippen molar-refractivity contribution in [2.45, 2.75) is 26.4 Å². The van der Waals surface area contributed by atoms with Crippen LogP contribution in [0.15, 0.2) is 48.5 Å². The number of benzene rings is 2. The normalized spacial score (nSPS) is 15.3. The van der Waals surface area contributed by atoms with E-state index >= 15 is 0 Å². The maximum absolute atomic E-state index is 13.4. The molecule has 46 heavy (non-hydrogen) atoms. The van der Waals surface area contributed by atoms with Gasteiger partial charge in [-0.2, -0.15) is 0 Å². The summed E-state index contributed by atoms with van der Waals surface area (Å²) in [5.74, 6) is 0.258. The van der Waals surface area contributed by atoms with Gasteiger partial charge in [0.1, 0.15) is 0 Å². The number of methoxy groups -OCH3 is 1. The van der Waals surface area contributed by atoms with Gasteiger partial charge in [-0.15, -0.1) is 0 Å². The molecular weight excluding hydrogens is 627 g/mol. The van der Waals surface area contributed by atoms with E-state index in [2.05, 4.69) is 20.1 Å². The number of aromatic nitrogens is 3. The molecule has 0 radical (unpaired) electrons. The summed E-state index contributed by atoms with van der Waals surface area (Å²) >= 11 is 13.9. The minimum absolute atomic E-state index is 0.0965. The number of nitrogens with zero attached hydrogens (tertiary/aromatic N) is 5. The molecule has 2 aromatic carbocycles. The van der Waals surface area contributed by atoms with Gasteiger partial charge in [0.2, 0.25) is 5.88 Å². The Kier molecular flexibility index (Phi) is 9.33. The molecule has 0 spiro atoms. The van der Waals surface area contributed by atoms with E-state index < -0.39 is 0 Å². The number of imidazole rings is 1. The molecule has 6 rings (SSSR count). The van der Waals surface area contributed by atoms with Gasteiger partial charge in [-0.3, -0.25) is 14.5 Å². The molecule has 1 amide bonds. The molecule has 0 bridgehead atoms. The standard InChI is InChI=1S/C34H36Cl2N6O4/c1-5-46-34(44)21-17-42(18-21)16-20-12-13-25(39-33(20)45-4)24-10-6-8-22(29(24)35)23-9-7-11-26(30(23)36)38-32(43)31-37-27-19-40(2)15-14-28(27)41(31)3/h6-13,21H,5,14-19H2,1-4H3,(H,38,43). The lowest BCUT2D eigenvalue weighted by atomic mass is 9.99. The molecule has 1 fully saturated rings. The van der Waals surface area contributed by atoms with E-state index in [1.807, 2.05) is 68.1 Å². The predicted octanol–water partition coefficient (Wildman–Crippen LogP) is 5.70. The number of fused-ring (bicyclic) bond motifs is 1. The van der Waals surface area contributed by atoms with E-state index in [0.29, 0.717) is 82.6 Å². The van der Waals surface area contributed by atoms with Crippen molar-refractivity contribution < 1.29 is 19.1 Å². The Bertz CT molecular complexity index is 1800. The molecule has 12 heteroatoms. The van der Waals surface area contributed by atoms with Gasteiger partial charge in [0, 0.05) is 74.1 Å². The quantitative estimate of drug-likeness (QED) is 0.228. The van der Waals surface area contributed by atoms with Crippen LogP contribution >= 0.6 is 23.2 Å². The minimum Gasteiger partial charge on any atom is -0.481 e. The summed E-state index contributed by atoms with van der Waals surface area (Å²) in [7, 11) is 5.50. The van der Waals surface area contributed by atoms with E-state index in [0.717, 1.165) is 29.9 Å². The van der Waals surface area contributed by atoms with Gasteiger partial charge in [0.15, 0.2) is 5.82 Å². The van der Waals surface area contributed by atoms with Crippen LogP contribution in [0, 0.1) is 5.92 Å². The third-order valence-corrected chi connectivity index (χ3v) is 9.38. The second kappa shape index (κ2) is 13.4. The van der Waals surface area contributed by atoms with Crippen molar-refractivity contribution in [3.63, 3.8) is 0 Å². The summed E-state index contributed by atoms with van der Waals surface area (Å²) in [5, 5.41) is 3.79. The number of anilines is 1. The number of carbonyl (C=O) groups is 2. The highest BCUT2D eigenvalue weighted by Crippen LogP contribution is 2.41. The third kappa shape index (κ3) is 6.22. The molecule has 0 unspecified atom stereocenters. The Morgan fingerprint density at radius 3 is 2.43 bits per heavy atom. The third-order valence-electron chi connectivity index (χ3n) is 8.56. The van der Waals surface area contributed by atoms with Gasteiger partial charge >= 0.3 is 5.97 Å². The SMILES string of the molecule is CCOC(=O)C1CN(Cc2ccc(-c3cccc(-c4cccc(NC(=O)c5nc6c(n5C)CCN(C)C6)c4Cl)c3Cl)nc2OC)C1. The Morgan fingerprint density at radius 2 is 1.70 bits per heavy atom. The molecule has 2 aromatic heterocycles. The highest BCUT2D eigenvalue weighted by atomic mass is 35.5. The maximum atomic E-state index is 13.4. The van der Waals surface area contributed by atoms with Crippen LogP contribution in [0.1, 0.15) is 34.5 Å². The molecule has 0 atom stereocenters. The average Bonchev–Trinajstić information content (AvgIpc) is 3.35. The number of carbonyl (C=O) groups excluding carboxylic acids is 2. The van der Waals surface area contributed by atoms with Crippen LogP contribution in [0.25, 0.3) is 22.4 Å². The summed E-state index contributed by atoms with van der Waals surface area (Å²) in [6.45, 7) is 5.71. The van der Waals surface area contributed by atoms with Crippen LogP contribution in [0.2, 0.25) is 10.0 Å². The largest absolute Gasteiger partial charge is 0.481 e. The number of likely N-dealkylation sites (N-methyl/N-ethyl adjacent to an activating group) is 1. The molecule has 240 valence electrons. The molecule has 0 saturated carbocycles. The maximum Gasteiger partial charge on any atom is 0.311 e. The number of rotatable bonds is 9. The van der Waals surface area contributed by atoms with Crippen LogP contribution in [-0.4, -0.2) is 76.6 Å². The lowest BCUT2D eigenvalue weighted by Gasteiger charge is -2.37. The zero-order chi connectivity index (χ0) is 32.5. The van der Waals surface area contributed by atoms with Crippen LogP contribution in [0.5, 0.6) is 5.88 Å². The van der Waals surface area contributed by atoms with E-state index in [1.165, 1.54) is 0 Å². The highest BCUT2D eigenvalue weighted by molar-refractivity contribution is 6.39. The number of hydrogen-bond acceptors (Lipinski definition) is 8. The second-order valence-electron chi connectivity index (χ2n) is 11.7. The molecule has 1 saturated heterocycles. The number of esters is 1. The number of likely N-dealkylation sites (tertiary alicyclic amines) is 1. The topological polar surface area (TPSA) is 102 Å². The summed E-state index contributed by atoms with van der Waals surface area (Å²) in [6.07, 6.45) is 0.840. The smallest absolute Gasteiger partial charge is 0.311 e. The van der Waals surface area contributed by atoms with Crippen molar-refractivity contribution in [2.24, 2.45) is 13.0 Å². The van der Waals surface area contributed by atoms with Crippen molar-refractivity contribution in [2.75, 3.05) is 45.7 Å². The number of pyridine rings is 1. The van der Waals surface area contributed by atoms with E-state index in [1.54, 1.807) is 13.2 Å². The van der Waals surface area contributed by atoms with Gasteiger partial charge in [0.25, 0.3) is 5.91 Å². The summed E-state index contributed by atoms with van der Waals surface area (Å²) in [5.41, 5.74) is 6.10. The Morgan fingerprint density at radius 1 is 0.978 bits per heavy atom. The highest BCUT2D eigenvalue weighted by Gasteiger charge is 2.34. The molecule has 0 aliphatic carbocycles. The Balaban J connectivity index is 1.22. The molecule has 10 nitrogen and oxygen atoms in total. The van der Waals surface area contributed by atoms with E-state index in [4.69, 9.17) is 37.7 Å². The van der Waals surface area contributed by atoms with E-state index in [-0.39, 0.29) is 17.8 Å². The van der Waals surface area contributed by atoms with Gasteiger partial charge in [-0.05, 0) is 26.1 Å². The fourth-order valence-electron chi connectivity index (χ4n) is 6.08. The van der Waals surface area contributed by atoms with Crippen LogP contribution in [-0.2, 0) is 36.1 Å². The number of hydrogen-bond donors (Lipinski definition) is 1. The number of amides is 1. The Hall–Kier alpha value is -3.96. The molecular formula is C34H36Cl2N6O4. The first-order valence-corrected chi connectivity index (χ1v) is 16.0. The lowest BCUT2D eigenvalue weighted by Crippen LogP contribution is -2.50. The van der Waals surface area contributed by atoms with Gasteiger partial charge in [0.05, 0.1) is 46.8 Å². The Labute approximate surface area is 278 Å². The first-order valence-electron chi connectivity index (χ1n) is 15.2. The summed E-state index contributed by atoms with van der Waals surface area (Å²) in [4.78, 5) is 39.1. The first-order chi connectivity index (χ1) is 22.2. The monoisotopic (exact) mass is 662 g/mol.